The maximum absolute atomic E-state index is 13.5. The van der Waals surface area contributed by atoms with Crippen LogP contribution in [0.3, 0.4) is 0 Å². The Bertz CT molecular complexity index is 897. The molecule has 0 amide bonds. The van der Waals surface area contributed by atoms with E-state index in [1.165, 1.54) is 33.4 Å². The molecule has 1 aromatic rings. The van der Waals surface area contributed by atoms with Gasteiger partial charge in [-0.3, -0.25) is 4.79 Å². The van der Waals surface area contributed by atoms with E-state index in [4.69, 9.17) is 4.74 Å². The minimum absolute atomic E-state index is 0.0196. The molecular formula is C24H28O2. The molecule has 0 N–H and O–H groups in total. The summed E-state index contributed by atoms with van der Waals surface area (Å²) in [6.07, 6.45) is 3.36. The zero-order chi connectivity index (χ0) is 18.6. The Morgan fingerprint density at radius 3 is 2.38 bits per heavy atom. The van der Waals surface area contributed by atoms with Gasteiger partial charge in [-0.1, -0.05) is 35.4 Å². The van der Waals surface area contributed by atoms with Crippen molar-refractivity contribution in [3.8, 4) is 0 Å². The van der Waals surface area contributed by atoms with Crippen molar-refractivity contribution in [2.24, 2.45) is 5.92 Å². The summed E-state index contributed by atoms with van der Waals surface area (Å²) in [6.45, 7) is 8.71. The SMILES string of the molecule is COC1=C(C)CC2C(=O)C3=C(CC(C)=C(C)C3)C2(c2ccccc2C)C1. The Labute approximate surface area is 156 Å². The number of aryl methyl sites for hydroxylation is 1. The van der Waals surface area contributed by atoms with Crippen molar-refractivity contribution in [3.05, 3.63) is 69.0 Å². The quantitative estimate of drug-likeness (QED) is 0.653. The highest BCUT2D eigenvalue weighted by molar-refractivity contribution is 6.04. The van der Waals surface area contributed by atoms with E-state index in [0.717, 1.165) is 37.0 Å². The summed E-state index contributed by atoms with van der Waals surface area (Å²) in [7, 11) is 1.77. The number of ether oxygens (including phenoxy) is 1. The molecule has 3 aliphatic carbocycles. The average Bonchev–Trinajstić information content (AvgIpc) is 2.84. The van der Waals surface area contributed by atoms with Crippen molar-refractivity contribution in [1.82, 2.24) is 0 Å². The summed E-state index contributed by atoms with van der Waals surface area (Å²) in [5.41, 5.74) is 8.85. The number of hydrogen-bond donors (Lipinski definition) is 0. The number of hydrogen-bond acceptors (Lipinski definition) is 2. The van der Waals surface area contributed by atoms with Crippen LogP contribution in [0.4, 0.5) is 0 Å². The van der Waals surface area contributed by atoms with Crippen LogP contribution in [0.25, 0.3) is 0 Å². The van der Waals surface area contributed by atoms with E-state index >= 15 is 0 Å². The van der Waals surface area contributed by atoms with Crippen LogP contribution in [0.1, 0.15) is 57.6 Å². The molecular weight excluding hydrogens is 320 g/mol. The zero-order valence-electron chi connectivity index (χ0n) is 16.5. The van der Waals surface area contributed by atoms with Gasteiger partial charge < -0.3 is 4.74 Å². The van der Waals surface area contributed by atoms with Gasteiger partial charge in [0.15, 0.2) is 5.78 Å². The lowest BCUT2D eigenvalue weighted by Gasteiger charge is -2.43. The summed E-state index contributed by atoms with van der Waals surface area (Å²) in [5.74, 6) is 1.46. The topological polar surface area (TPSA) is 26.3 Å². The summed E-state index contributed by atoms with van der Waals surface area (Å²) >= 11 is 0. The molecule has 1 aromatic carbocycles. The Hall–Kier alpha value is -2.09. The Morgan fingerprint density at radius 2 is 1.69 bits per heavy atom. The van der Waals surface area contributed by atoms with E-state index in [1.54, 1.807) is 7.11 Å². The molecule has 0 aliphatic heterocycles. The van der Waals surface area contributed by atoms with Gasteiger partial charge >= 0.3 is 0 Å². The molecule has 2 heteroatoms. The maximum Gasteiger partial charge on any atom is 0.163 e. The van der Waals surface area contributed by atoms with Gasteiger partial charge in [0.05, 0.1) is 12.9 Å². The Morgan fingerprint density at radius 1 is 1.00 bits per heavy atom. The highest BCUT2D eigenvalue weighted by atomic mass is 16.5. The molecule has 2 unspecified atom stereocenters. The third kappa shape index (κ3) is 2.21. The normalized spacial score (nSPS) is 28.5. The number of methoxy groups -OCH3 is 1. The molecule has 0 spiro atoms. The lowest BCUT2D eigenvalue weighted by atomic mass is 9.59. The van der Waals surface area contributed by atoms with E-state index in [9.17, 15) is 4.79 Å². The highest BCUT2D eigenvalue weighted by Crippen LogP contribution is 2.60. The van der Waals surface area contributed by atoms with Crippen molar-refractivity contribution in [2.75, 3.05) is 7.11 Å². The largest absolute Gasteiger partial charge is 0.501 e. The molecule has 0 radical (unpaired) electrons. The summed E-state index contributed by atoms with van der Waals surface area (Å²) in [6, 6.07) is 8.62. The minimum Gasteiger partial charge on any atom is -0.501 e. The van der Waals surface area contributed by atoms with Crippen molar-refractivity contribution in [1.29, 1.82) is 0 Å². The molecule has 2 atom stereocenters. The number of ketones is 1. The van der Waals surface area contributed by atoms with Gasteiger partial charge in [-0.15, -0.1) is 0 Å². The number of rotatable bonds is 2. The molecule has 0 saturated carbocycles. The monoisotopic (exact) mass is 348 g/mol. The zero-order valence-corrected chi connectivity index (χ0v) is 16.5. The van der Waals surface area contributed by atoms with E-state index in [1.807, 2.05) is 0 Å². The summed E-state index contributed by atoms with van der Waals surface area (Å²) in [4.78, 5) is 13.5. The molecule has 0 fully saturated rings. The van der Waals surface area contributed by atoms with Gasteiger partial charge in [-0.05, 0) is 74.8 Å². The third-order valence-electron chi connectivity index (χ3n) is 7.02. The molecule has 26 heavy (non-hydrogen) atoms. The lowest BCUT2D eigenvalue weighted by Crippen LogP contribution is -2.41. The molecule has 4 rings (SSSR count). The van der Waals surface area contributed by atoms with E-state index in [-0.39, 0.29) is 11.3 Å². The van der Waals surface area contributed by atoms with Gasteiger partial charge in [0.2, 0.25) is 0 Å². The van der Waals surface area contributed by atoms with Crippen LogP contribution in [-0.2, 0) is 14.9 Å². The number of fused-ring (bicyclic) bond motifs is 2. The predicted molar refractivity (Wildman–Crippen MR) is 105 cm³/mol. The molecule has 0 bridgehead atoms. The van der Waals surface area contributed by atoms with Crippen LogP contribution in [0.15, 0.2) is 57.9 Å². The first kappa shape index (κ1) is 17.3. The molecule has 136 valence electrons. The van der Waals surface area contributed by atoms with Crippen LogP contribution < -0.4 is 0 Å². The standard InChI is InChI=1S/C24H28O2/c1-14-8-6-7-9-19(14)24-13-22(26-5)17(4)12-21(24)23(25)18-10-15(2)16(3)11-20(18)24/h6-9,21H,10-13H2,1-5H3. The Kier molecular flexibility index (Phi) is 3.98. The first-order valence-corrected chi connectivity index (χ1v) is 9.60. The van der Waals surface area contributed by atoms with E-state index < -0.39 is 0 Å². The van der Waals surface area contributed by atoms with Crippen LogP contribution >= 0.6 is 0 Å². The maximum atomic E-state index is 13.5. The van der Waals surface area contributed by atoms with E-state index in [2.05, 4.69) is 52.0 Å². The van der Waals surface area contributed by atoms with Gasteiger partial charge in [-0.2, -0.15) is 0 Å². The number of allylic oxidation sites excluding steroid dienone is 6. The van der Waals surface area contributed by atoms with Gasteiger partial charge in [0.25, 0.3) is 0 Å². The molecule has 3 aliphatic rings. The lowest BCUT2D eigenvalue weighted by molar-refractivity contribution is -0.120. The van der Waals surface area contributed by atoms with Crippen molar-refractivity contribution < 1.29 is 9.53 Å². The minimum atomic E-state index is -0.232. The van der Waals surface area contributed by atoms with E-state index in [0.29, 0.717) is 5.78 Å². The number of benzene rings is 1. The third-order valence-corrected chi connectivity index (χ3v) is 7.02. The molecule has 2 nitrogen and oxygen atoms in total. The van der Waals surface area contributed by atoms with Crippen molar-refractivity contribution in [3.63, 3.8) is 0 Å². The van der Waals surface area contributed by atoms with Gasteiger partial charge in [-0.25, -0.2) is 0 Å². The fourth-order valence-corrected chi connectivity index (χ4v) is 5.44. The average molecular weight is 348 g/mol. The van der Waals surface area contributed by atoms with Crippen LogP contribution in [0.5, 0.6) is 0 Å². The smallest absolute Gasteiger partial charge is 0.163 e. The fraction of sp³-hybridized carbons (Fsp3) is 0.458. The second-order valence-corrected chi connectivity index (χ2v) is 8.36. The molecule has 0 heterocycles. The van der Waals surface area contributed by atoms with Crippen molar-refractivity contribution >= 4 is 5.78 Å². The first-order chi connectivity index (χ1) is 12.4. The second kappa shape index (κ2) is 5.97. The van der Waals surface area contributed by atoms with Crippen LogP contribution in [-0.4, -0.2) is 12.9 Å². The summed E-state index contributed by atoms with van der Waals surface area (Å²) in [5, 5.41) is 0. The second-order valence-electron chi connectivity index (χ2n) is 8.36. The van der Waals surface area contributed by atoms with Crippen LogP contribution in [0.2, 0.25) is 0 Å². The Balaban J connectivity index is 1.98. The fourth-order valence-electron chi connectivity index (χ4n) is 5.44. The molecule has 0 aromatic heterocycles. The highest BCUT2D eigenvalue weighted by Gasteiger charge is 2.57. The number of Topliss-reactive ketones (excluding diaryl/α,β-unsaturated/α-hetero) is 1. The number of carbonyl (C=O) groups excluding carboxylic acids is 1. The summed E-state index contributed by atoms with van der Waals surface area (Å²) < 4.78 is 5.79. The number of carbonyl (C=O) groups is 1. The van der Waals surface area contributed by atoms with Crippen LogP contribution in [0, 0.1) is 12.8 Å². The molecule has 0 saturated heterocycles. The van der Waals surface area contributed by atoms with Gasteiger partial charge in [0, 0.05) is 17.8 Å². The van der Waals surface area contributed by atoms with Crippen molar-refractivity contribution in [2.45, 2.75) is 58.8 Å². The predicted octanol–water partition coefficient (Wildman–Crippen LogP) is 5.57. The first-order valence-electron chi connectivity index (χ1n) is 9.60. The van der Waals surface area contributed by atoms with Gasteiger partial charge in [0.1, 0.15) is 0 Å².